The highest BCUT2D eigenvalue weighted by molar-refractivity contribution is 7.79. The molecule has 0 saturated heterocycles. The molecule has 0 heterocycles. The van der Waals surface area contributed by atoms with Gasteiger partial charge < -0.3 is 18.1 Å². The summed E-state index contributed by atoms with van der Waals surface area (Å²) < 4.78 is 96.1. The van der Waals surface area contributed by atoms with Crippen molar-refractivity contribution >= 4 is 10.4 Å². The number of benzene rings is 1. The van der Waals surface area contributed by atoms with E-state index in [0.29, 0.717) is 0 Å². The van der Waals surface area contributed by atoms with Crippen LogP contribution in [-0.2, 0) is 10.4 Å². The topological polar surface area (TPSA) is 80.3 Å². The first-order valence-corrected chi connectivity index (χ1v) is 8.10. The molecule has 0 bridgehead atoms. The van der Waals surface area contributed by atoms with Crippen LogP contribution in [0.2, 0.25) is 0 Å². The Morgan fingerprint density at radius 1 is 0.654 bits per heavy atom. The highest BCUT2D eigenvalue weighted by Gasteiger charge is 2.18. The average Bonchev–Trinajstić information content (AvgIpc) is 2.27. The van der Waals surface area contributed by atoms with E-state index in [2.05, 4.69) is 56.4 Å². The molecule has 1 aromatic rings. The predicted molar refractivity (Wildman–Crippen MR) is 84.6 cm³/mol. The minimum absolute atomic E-state index is 0.0618. The molecule has 0 unspecified atom stereocenters. The van der Waals surface area contributed by atoms with Crippen molar-refractivity contribution in [3.05, 3.63) is 35.2 Å². The highest BCUT2D eigenvalue weighted by atomic mass is 32.3. The fraction of sp³-hybridized carbons (Fsp3) is 0.571. The van der Waals surface area contributed by atoms with Gasteiger partial charge in [0.15, 0.2) is 23.3 Å². The van der Waals surface area contributed by atoms with E-state index in [4.69, 9.17) is 17.5 Å². The van der Waals surface area contributed by atoms with Gasteiger partial charge in [-0.3, -0.25) is 8.42 Å². The normalized spacial score (nSPS) is 11.2. The minimum Gasteiger partial charge on any atom is -0.759 e. The molecule has 1 rings (SSSR count). The molecule has 0 spiro atoms. The lowest BCUT2D eigenvalue weighted by Crippen LogP contribution is -2.27. The van der Waals surface area contributed by atoms with Crippen LogP contribution >= 0.6 is 0 Å². The third-order valence-corrected chi connectivity index (χ3v) is 1.06. The van der Waals surface area contributed by atoms with Gasteiger partial charge in [0.25, 0.3) is 0 Å². The van der Waals surface area contributed by atoms with Crippen LogP contribution in [0.3, 0.4) is 0 Å². The van der Waals surface area contributed by atoms with Gasteiger partial charge in [0.1, 0.15) is 0 Å². The summed E-state index contributed by atoms with van der Waals surface area (Å²) in [7, 11) is 11.8. The Morgan fingerprint density at radius 3 is 0.962 bits per heavy atom. The zero-order valence-corrected chi connectivity index (χ0v) is 16.7. The molecule has 0 saturated carbocycles. The summed E-state index contributed by atoms with van der Waals surface area (Å²) in [5.41, 5.74) is 0. The van der Waals surface area contributed by atoms with Crippen LogP contribution in [0.5, 0.6) is 0 Å². The van der Waals surface area contributed by atoms with Crippen molar-refractivity contribution < 1.29 is 48.4 Å². The fourth-order valence-electron chi connectivity index (χ4n) is 0.544. The van der Waals surface area contributed by atoms with Crippen molar-refractivity contribution in [1.82, 2.24) is 0 Å². The van der Waals surface area contributed by atoms with Gasteiger partial charge in [0.2, 0.25) is 5.82 Å². The van der Waals surface area contributed by atoms with Gasteiger partial charge in [0.05, 0.1) is 56.4 Å². The van der Waals surface area contributed by atoms with Gasteiger partial charge in [-0.15, -0.1) is 0 Å². The zero-order chi connectivity index (χ0) is 22.1. The van der Waals surface area contributed by atoms with Crippen LogP contribution in [0.25, 0.3) is 0 Å². The summed E-state index contributed by atoms with van der Waals surface area (Å²) in [6, 6.07) is -0.0618. The van der Waals surface area contributed by atoms with Crippen molar-refractivity contribution in [3.8, 4) is 0 Å². The van der Waals surface area contributed by atoms with Crippen LogP contribution in [-0.4, -0.2) is 82.9 Å². The molecule has 0 N–H and O–H groups in total. The molecule has 0 radical (unpaired) electrons. The van der Waals surface area contributed by atoms with Gasteiger partial charge in [-0.05, 0) is 0 Å². The number of rotatable bonds is 0. The molecule has 0 aliphatic heterocycles. The molecule has 0 atom stereocenters. The summed E-state index contributed by atoms with van der Waals surface area (Å²) >= 11 is 0. The number of halogens is 5. The van der Waals surface area contributed by atoms with E-state index in [-0.39, 0.29) is 6.07 Å². The summed E-state index contributed by atoms with van der Waals surface area (Å²) in [6.07, 6.45) is 0. The summed E-state index contributed by atoms with van der Waals surface area (Å²) in [5, 5.41) is 0. The number of hydrogen-bond donors (Lipinski definition) is 0. The minimum atomic E-state index is -5.17. The molecular formula is C14H25F5N2O4S. The van der Waals surface area contributed by atoms with Crippen molar-refractivity contribution in [2.45, 2.75) is 0 Å². The first kappa shape index (κ1) is 29.4. The molecule has 0 aromatic heterocycles. The van der Waals surface area contributed by atoms with Gasteiger partial charge in [-0.1, -0.05) is 0 Å². The van der Waals surface area contributed by atoms with Crippen LogP contribution in [0.4, 0.5) is 22.0 Å². The lowest BCUT2D eigenvalue weighted by molar-refractivity contribution is -0.849. The number of hydrogen-bond acceptors (Lipinski definition) is 4. The molecular weight excluding hydrogens is 387 g/mol. The fourth-order valence-corrected chi connectivity index (χ4v) is 0.544. The van der Waals surface area contributed by atoms with Crippen LogP contribution in [0.15, 0.2) is 6.07 Å². The highest BCUT2D eigenvalue weighted by Crippen LogP contribution is 2.16. The molecule has 12 heteroatoms. The lowest BCUT2D eigenvalue weighted by Gasteiger charge is -2.14. The average molecular weight is 412 g/mol. The Hall–Kier alpha value is -1.34. The van der Waals surface area contributed by atoms with Gasteiger partial charge in [-0.2, -0.15) is 0 Å². The maximum absolute atomic E-state index is 12.0. The second-order valence-corrected chi connectivity index (χ2v) is 8.37. The third kappa shape index (κ3) is 30.5. The lowest BCUT2D eigenvalue weighted by atomic mass is 10.3. The smallest absolute Gasteiger partial charge is 0.200 e. The molecule has 0 aliphatic rings. The molecule has 1 aromatic carbocycles. The molecule has 26 heavy (non-hydrogen) atoms. The Morgan fingerprint density at radius 2 is 0.808 bits per heavy atom. The van der Waals surface area contributed by atoms with Gasteiger partial charge in [0, 0.05) is 16.5 Å². The van der Waals surface area contributed by atoms with E-state index in [0.717, 1.165) is 8.97 Å². The Bertz CT molecular complexity index is 599. The molecule has 6 nitrogen and oxygen atoms in total. The largest absolute Gasteiger partial charge is 0.759 e. The maximum atomic E-state index is 12.0. The summed E-state index contributed by atoms with van der Waals surface area (Å²) in [4.78, 5) is 0. The van der Waals surface area contributed by atoms with Crippen molar-refractivity contribution in [3.63, 3.8) is 0 Å². The number of quaternary nitrogens is 2. The van der Waals surface area contributed by atoms with Crippen molar-refractivity contribution in [1.29, 1.82) is 0 Å². The second-order valence-electron chi connectivity index (χ2n) is 7.56. The first-order valence-electron chi connectivity index (χ1n) is 6.77. The SMILES string of the molecule is C[N+](C)(C)C.C[N+](C)(C)C.Fc1cc(F)c(F)c(F)c1F.O=S(=O)([O-])[O-]. The van der Waals surface area contributed by atoms with Crippen molar-refractivity contribution in [2.24, 2.45) is 0 Å². The van der Waals surface area contributed by atoms with Gasteiger partial charge in [-0.25, -0.2) is 22.0 Å². The van der Waals surface area contributed by atoms with Crippen LogP contribution in [0, 0.1) is 29.1 Å². The molecule has 0 aliphatic carbocycles. The second kappa shape index (κ2) is 11.4. The standard InChI is InChI=1S/C6HF5.2C4H12N.H2O4S/c7-2-1-3(8)5(10)6(11)4(2)9;3*1-5(2,3)4/h1H;2*1-4H3;(H2,1,2,3,4)/q;2*+1;/p-2. The maximum Gasteiger partial charge on any atom is 0.200 e. The Balaban J connectivity index is -0.000000300. The monoisotopic (exact) mass is 412 g/mol. The first-order chi connectivity index (χ1) is 11.0. The van der Waals surface area contributed by atoms with E-state index < -0.39 is 39.5 Å². The molecule has 0 amide bonds. The van der Waals surface area contributed by atoms with E-state index in [1.165, 1.54) is 0 Å². The van der Waals surface area contributed by atoms with E-state index in [1.807, 2.05) is 0 Å². The van der Waals surface area contributed by atoms with Crippen LogP contribution in [0.1, 0.15) is 0 Å². The van der Waals surface area contributed by atoms with E-state index in [1.54, 1.807) is 0 Å². The zero-order valence-electron chi connectivity index (χ0n) is 15.9. The summed E-state index contributed by atoms with van der Waals surface area (Å²) in [6.45, 7) is 0. The van der Waals surface area contributed by atoms with Crippen molar-refractivity contribution in [2.75, 3.05) is 56.4 Å². The molecule has 156 valence electrons. The predicted octanol–water partition coefficient (Wildman–Crippen LogP) is 1.69. The van der Waals surface area contributed by atoms with Gasteiger partial charge >= 0.3 is 0 Å². The third-order valence-electron chi connectivity index (χ3n) is 1.06. The number of nitrogens with zero attached hydrogens (tertiary/aromatic N) is 2. The Labute approximate surface area is 151 Å². The van der Waals surface area contributed by atoms with Crippen LogP contribution < -0.4 is 0 Å². The quantitative estimate of drug-likeness (QED) is 0.162. The van der Waals surface area contributed by atoms with E-state index >= 15 is 0 Å². The summed E-state index contributed by atoms with van der Waals surface area (Å²) in [5.74, 6) is -9.65. The molecule has 0 fully saturated rings. The Kier molecular flexibility index (Phi) is 12.9. The van der Waals surface area contributed by atoms with E-state index in [9.17, 15) is 22.0 Å².